The van der Waals surface area contributed by atoms with Crippen molar-refractivity contribution in [1.82, 2.24) is 9.80 Å². The van der Waals surface area contributed by atoms with Crippen LogP contribution in [0.3, 0.4) is 0 Å². The summed E-state index contributed by atoms with van der Waals surface area (Å²) < 4.78 is 5.56. The Morgan fingerprint density at radius 3 is 2.62 bits per heavy atom. The molecule has 1 aliphatic carbocycles. The highest BCUT2D eigenvalue weighted by atomic mass is 16.5. The molecule has 1 atom stereocenters. The number of piperidine rings is 1. The maximum Gasteiger partial charge on any atom is 0.243 e. The van der Waals surface area contributed by atoms with E-state index < -0.39 is 0 Å². The van der Waals surface area contributed by atoms with Crippen LogP contribution in [0, 0.1) is 0 Å². The van der Waals surface area contributed by atoms with Gasteiger partial charge in [0.2, 0.25) is 5.91 Å². The highest BCUT2D eigenvalue weighted by Gasteiger charge is 2.51. The normalized spacial score (nSPS) is 30.8. The quantitative estimate of drug-likeness (QED) is 0.764. The number of aliphatic hydroxyl groups is 2. The molecule has 0 aromatic heterocycles. The Morgan fingerprint density at radius 2 is 1.86 bits per heavy atom. The van der Waals surface area contributed by atoms with Crippen LogP contribution in [-0.4, -0.2) is 69.9 Å². The number of carbonyl (C=O) groups is 1. The van der Waals surface area contributed by atoms with E-state index in [2.05, 4.69) is 15.9 Å². The lowest BCUT2D eigenvalue weighted by Crippen LogP contribution is -2.62. The summed E-state index contributed by atoms with van der Waals surface area (Å²) in [6, 6.07) is 8.29. The molecule has 6 nitrogen and oxygen atoms in total. The number of benzene rings is 1. The van der Waals surface area contributed by atoms with E-state index >= 15 is 0 Å². The molecule has 0 bridgehead atoms. The van der Waals surface area contributed by atoms with Crippen molar-refractivity contribution in [2.75, 3.05) is 26.3 Å². The molecule has 2 heterocycles. The Labute approximate surface area is 173 Å². The number of nitrogens with zero attached hydrogens (tertiary/aromatic N) is 2. The monoisotopic (exact) mass is 402 g/mol. The largest absolute Gasteiger partial charge is 0.491 e. The first-order valence-electron chi connectivity index (χ1n) is 11.2. The van der Waals surface area contributed by atoms with Crippen LogP contribution >= 0.6 is 0 Å². The van der Waals surface area contributed by atoms with E-state index in [1.807, 2.05) is 18.2 Å². The Balaban J connectivity index is 1.48. The molecule has 2 saturated heterocycles. The molecule has 1 aromatic rings. The summed E-state index contributed by atoms with van der Waals surface area (Å²) in [4.78, 5) is 18.2. The summed E-state index contributed by atoms with van der Waals surface area (Å²) in [6.45, 7) is 2.85. The molecule has 1 saturated carbocycles. The number of hydrogen-bond acceptors (Lipinski definition) is 5. The third-order valence-electron chi connectivity index (χ3n) is 7.01. The third kappa shape index (κ3) is 4.30. The summed E-state index contributed by atoms with van der Waals surface area (Å²) in [5.74, 6) is 1.08. The molecule has 160 valence electrons. The predicted molar refractivity (Wildman–Crippen MR) is 111 cm³/mol. The van der Waals surface area contributed by atoms with Gasteiger partial charge in [-0.3, -0.25) is 9.69 Å². The number of rotatable bonds is 6. The first-order chi connectivity index (χ1) is 14.1. The molecule has 1 amide bonds. The second kappa shape index (κ2) is 9.02. The zero-order chi connectivity index (χ0) is 20.3. The topological polar surface area (TPSA) is 73.2 Å². The van der Waals surface area contributed by atoms with Gasteiger partial charge in [-0.1, -0.05) is 12.1 Å². The number of aliphatic hydroxyl groups excluding tert-OH is 2. The van der Waals surface area contributed by atoms with E-state index in [1.54, 1.807) is 0 Å². The zero-order valence-electron chi connectivity index (χ0n) is 17.3. The van der Waals surface area contributed by atoms with Crippen LogP contribution in [-0.2, 0) is 11.3 Å². The van der Waals surface area contributed by atoms with Gasteiger partial charge in [-0.05, 0) is 75.6 Å². The summed E-state index contributed by atoms with van der Waals surface area (Å²) in [6.07, 6.45) is 7.28. The number of hydrogen-bond donors (Lipinski definition) is 2. The van der Waals surface area contributed by atoms with E-state index in [0.717, 1.165) is 82.3 Å². The fourth-order valence-electron chi connectivity index (χ4n) is 5.54. The van der Waals surface area contributed by atoms with Gasteiger partial charge in [0.1, 0.15) is 17.9 Å². The average Bonchev–Trinajstić information content (AvgIpc) is 3.12. The lowest BCUT2D eigenvalue weighted by molar-refractivity contribution is -0.152. The van der Waals surface area contributed by atoms with Crippen molar-refractivity contribution in [1.29, 1.82) is 0 Å². The predicted octanol–water partition coefficient (Wildman–Crippen LogP) is 2.32. The Morgan fingerprint density at radius 1 is 1.10 bits per heavy atom. The van der Waals surface area contributed by atoms with Gasteiger partial charge in [0, 0.05) is 19.1 Å². The Kier molecular flexibility index (Phi) is 6.42. The van der Waals surface area contributed by atoms with Crippen molar-refractivity contribution in [2.45, 2.75) is 75.6 Å². The van der Waals surface area contributed by atoms with E-state index in [9.17, 15) is 9.90 Å². The van der Waals surface area contributed by atoms with Crippen LogP contribution in [0.15, 0.2) is 24.3 Å². The summed E-state index contributed by atoms with van der Waals surface area (Å²) >= 11 is 0. The molecule has 3 fully saturated rings. The summed E-state index contributed by atoms with van der Waals surface area (Å²) in [7, 11) is 0. The molecule has 1 unspecified atom stereocenters. The maximum atomic E-state index is 13.7. The van der Waals surface area contributed by atoms with Crippen molar-refractivity contribution in [3.05, 3.63) is 29.8 Å². The number of amides is 1. The van der Waals surface area contributed by atoms with Crippen LogP contribution in [0.25, 0.3) is 0 Å². The lowest BCUT2D eigenvalue weighted by atomic mass is 9.82. The van der Waals surface area contributed by atoms with Crippen molar-refractivity contribution in [2.24, 2.45) is 0 Å². The third-order valence-corrected chi connectivity index (χ3v) is 7.01. The van der Waals surface area contributed by atoms with Gasteiger partial charge in [0.25, 0.3) is 0 Å². The van der Waals surface area contributed by atoms with Crippen molar-refractivity contribution in [3.63, 3.8) is 0 Å². The van der Waals surface area contributed by atoms with E-state index in [4.69, 9.17) is 9.84 Å². The van der Waals surface area contributed by atoms with E-state index in [1.165, 1.54) is 0 Å². The molecular weight excluding hydrogens is 368 g/mol. The van der Waals surface area contributed by atoms with Crippen LogP contribution in [0.5, 0.6) is 5.75 Å². The van der Waals surface area contributed by atoms with Crippen molar-refractivity contribution < 1.29 is 19.7 Å². The minimum absolute atomic E-state index is 0.00198. The fraction of sp³-hybridized carbons (Fsp3) is 0.696. The maximum absolute atomic E-state index is 13.7. The first-order valence-corrected chi connectivity index (χ1v) is 11.2. The SMILES string of the molecule is O=C1N(C2CCC(O)CC2)CCCC12CCCN2Cc1cccc(OCCO)c1. The highest BCUT2D eigenvalue weighted by Crippen LogP contribution is 2.41. The second-order valence-corrected chi connectivity index (χ2v) is 8.84. The molecule has 29 heavy (non-hydrogen) atoms. The molecule has 2 N–H and O–H groups in total. The van der Waals surface area contributed by atoms with Crippen LogP contribution < -0.4 is 4.74 Å². The van der Waals surface area contributed by atoms with E-state index in [0.29, 0.717) is 18.6 Å². The Bertz CT molecular complexity index is 704. The molecule has 1 aromatic carbocycles. The van der Waals surface area contributed by atoms with Gasteiger partial charge in [-0.25, -0.2) is 0 Å². The lowest BCUT2D eigenvalue weighted by Gasteiger charge is -2.48. The van der Waals surface area contributed by atoms with Crippen molar-refractivity contribution >= 4 is 5.91 Å². The zero-order valence-corrected chi connectivity index (χ0v) is 17.3. The molecule has 4 rings (SSSR count). The van der Waals surface area contributed by atoms with Crippen LogP contribution in [0.1, 0.15) is 56.9 Å². The standard InChI is InChI=1S/C23H34N2O4/c26-14-15-29-21-5-1-4-18(16-21)17-24-12-2-10-23(24)11-3-13-25(22(23)28)19-6-8-20(27)9-7-19/h1,4-5,16,19-20,26-27H,2-3,6-15,17H2. The summed E-state index contributed by atoms with van der Waals surface area (Å²) in [5, 5.41) is 18.8. The number of carbonyl (C=O) groups excluding carboxylic acids is 1. The minimum atomic E-state index is -0.365. The molecular formula is C23H34N2O4. The van der Waals surface area contributed by atoms with Gasteiger partial charge in [-0.2, -0.15) is 0 Å². The highest BCUT2D eigenvalue weighted by molar-refractivity contribution is 5.88. The molecule has 6 heteroatoms. The van der Waals surface area contributed by atoms with Gasteiger partial charge in [0.15, 0.2) is 0 Å². The number of ether oxygens (including phenoxy) is 1. The van der Waals surface area contributed by atoms with Gasteiger partial charge in [-0.15, -0.1) is 0 Å². The van der Waals surface area contributed by atoms with Gasteiger partial charge < -0.3 is 19.8 Å². The molecule has 1 spiro atoms. The smallest absolute Gasteiger partial charge is 0.243 e. The van der Waals surface area contributed by atoms with E-state index in [-0.39, 0.29) is 18.2 Å². The van der Waals surface area contributed by atoms with Crippen LogP contribution in [0.4, 0.5) is 0 Å². The molecule has 3 aliphatic rings. The average molecular weight is 403 g/mol. The second-order valence-electron chi connectivity index (χ2n) is 8.84. The molecule has 0 radical (unpaired) electrons. The summed E-state index contributed by atoms with van der Waals surface area (Å²) in [5.41, 5.74) is 0.781. The van der Waals surface area contributed by atoms with Gasteiger partial charge in [0.05, 0.1) is 12.7 Å². The number of likely N-dealkylation sites (tertiary alicyclic amines) is 2. The first kappa shape index (κ1) is 20.6. The minimum Gasteiger partial charge on any atom is -0.491 e. The molecule has 2 aliphatic heterocycles. The van der Waals surface area contributed by atoms with Crippen molar-refractivity contribution in [3.8, 4) is 5.75 Å². The fourth-order valence-corrected chi connectivity index (χ4v) is 5.54. The van der Waals surface area contributed by atoms with Gasteiger partial charge >= 0.3 is 0 Å². The van der Waals surface area contributed by atoms with Crippen LogP contribution in [0.2, 0.25) is 0 Å². The Hall–Kier alpha value is -1.63.